The normalized spacial score (nSPS) is 20.4. The Hall–Kier alpha value is -1.23. The number of anilines is 1. The molecule has 0 saturated carbocycles. The first-order chi connectivity index (χ1) is 7.77. The van der Waals surface area contributed by atoms with Crippen molar-refractivity contribution in [1.29, 1.82) is 0 Å². The molecule has 1 saturated heterocycles. The summed E-state index contributed by atoms with van der Waals surface area (Å²) in [6.45, 7) is 0. The summed E-state index contributed by atoms with van der Waals surface area (Å²) in [6, 6.07) is 3.56. The van der Waals surface area contributed by atoms with Crippen LogP contribution in [0.5, 0.6) is 0 Å². The molecular formula is C11H14N2O2S. The Morgan fingerprint density at radius 2 is 2.50 bits per heavy atom. The molecule has 86 valence electrons. The van der Waals surface area contributed by atoms with Crippen LogP contribution in [-0.2, 0) is 0 Å². The first-order valence-electron chi connectivity index (χ1n) is 5.30. The van der Waals surface area contributed by atoms with Gasteiger partial charge in [-0.2, -0.15) is 11.8 Å². The molecule has 2 N–H and O–H groups in total. The van der Waals surface area contributed by atoms with Gasteiger partial charge in [-0.05, 0) is 30.7 Å². The Labute approximate surface area is 98.5 Å². The van der Waals surface area contributed by atoms with E-state index in [1.54, 1.807) is 18.3 Å². The number of hydrogen-bond donors (Lipinski definition) is 2. The lowest BCUT2D eigenvalue weighted by Gasteiger charge is -2.23. The molecule has 2 heterocycles. The molecule has 1 atom stereocenters. The van der Waals surface area contributed by atoms with E-state index in [4.69, 9.17) is 5.11 Å². The van der Waals surface area contributed by atoms with E-state index in [0.29, 0.717) is 11.9 Å². The molecule has 0 bridgehead atoms. The van der Waals surface area contributed by atoms with Crippen molar-refractivity contribution in [3.63, 3.8) is 0 Å². The summed E-state index contributed by atoms with van der Waals surface area (Å²) in [6.07, 6.45) is 3.88. The van der Waals surface area contributed by atoms with Gasteiger partial charge < -0.3 is 10.4 Å². The highest BCUT2D eigenvalue weighted by Gasteiger charge is 2.17. The zero-order valence-corrected chi connectivity index (χ0v) is 9.67. The number of pyridine rings is 1. The fourth-order valence-electron chi connectivity index (χ4n) is 1.74. The standard InChI is InChI=1S/C11H14N2O2S/c14-11(15)9-4-1-5-12-10(9)13-8-3-2-6-16-7-8/h1,4-5,8H,2-3,6-7H2,(H,12,13)(H,14,15). The number of rotatable bonds is 3. The number of nitrogens with one attached hydrogen (secondary N) is 1. The molecule has 1 aliphatic rings. The van der Waals surface area contributed by atoms with Crippen LogP contribution < -0.4 is 5.32 Å². The number of aromatic nitrogens is 1. The van der Waals surface area contributed by atoms with E-state index in [2.05, 4.69) is 10.3 Å². The third-order valence-corrected chi connectivity index (χ3v) is 3.75. The number of carboxylic acids is 1. The topological polar surface area (TPSA) is 62.2 Å². The van der Waals surface area contributed by atoms with Gasteiger partial charge in [0.1, 0.15) is 11.4 Å². The van der Waals surface area contributed by atoms with Gasteiger partial charge >= 0.3 is 5.97 Å². The Balaban J connectivity index is 2.10. The minimum atomic E-state index is -0.931. The summed E-state index contributed by atoms with van der Waals surface area (Å²) in [5.74, 6) is 1.78. The maximum absolute atomic E-state index is 11.0. The van der Waals surface area contributed by atoms with Gasteiger partial charge in [-0.15, -0.1) is 0 Å². The summed E-state index contributed by atoms with van der Waals surface area (Å²) >= 11 is 1.90. The van der Waals surface area contributed by atoms with E-state index >= 15 is 0 Å². The number of nitrogens with zero attached hydrogens (tertiary/aromatic N) is 1. The third kappa shape index (κ3) is 2.66. The number of thioether (sulfide) groups is 1. The summed E-state index contributed by atoms with van der Waals surface area (Å²) in [7, 11) is 0. The maximum atomic E-state index is 11.0. The first-order valence-corrected chi connectivity index (χ1v) is 6.45. The highest BCUT2D eigenvalue weighted by Crippen LogP contribution is 2.21. The summed E-state index contributed by atoms with van der Waals surface area (Å²) in [5, 5.41) is 12.2. The predicted octanol–water partition coefficient (Wildman–Crippen LogP) is 2.09. The van der Waals surface area contributed by atoms with Crippen molar-refractivity contribution in [1.82, 2.24) is 4.98 Å². The van der Waals surface area contributed by atoms with Crippen LogP contribution in [0.15, 0.2) is 18.3 Å². The molecular weight excluding hydrogens is 224 g/mol. The molecule has 1 unspecified atom stereocenters. The van der Waals surface area contributed by atoms with Crippen LogP contribution in [0.3, 0.4) is 0 Å². The van der Waals surface area contributed by atoms with Crippen molar-refractivity contribution < 1.29 is 9.90 Å². The van der Waals surface area contributed by atoms with Crippen LogP contribution in [0.2, 0.25) is 0 Å². The molecule has 0 aromatic carbocycles. The molecule has 16 heavy (non-hydrogen) atoms. The number of hydrogen-bond acceptors (Lipinski definition) is 4. The molecule has 1 aromatic heterocycles. The van der Waals surface area contributed by atoms with Crippen LogP contribution in [0.25, 0.3) is 0 Å². The minimum absolute atomic E-state index is 0.248. The lowest BCUT2D eigenvalue weighted by Crippen LogP contribution is -2.27. The highest BCUT2D eigenvalue weighted by atomic mass is 32.2. The fraction of sp³-hybridized carbons (Fsp3) is 0.455. The van der Waals surface area contributed by atoms with Crippen LogP contribution in [0, 0.1) is 0 Å². The molecule has 1 aliphatic heterocycles. The van der Waals surface area contributed by atoms with Gasteiger partial charge in [-0.1, -0.05) is 0 Å². The summed E-state index contributed by atoms with van der Waals surface area (Å²) in [4.78, 5) is 15.1. The predicted molar refractivity (Wildman–Crippen MR) is 65.2 cm³/mol. The smallest absolute Gasteiger partial charge is 0.339 e. The average Bonchev–Trinajstić information content (AvgIpc) is 2.31. The van der Waals surface area contributed by atoms with Crippen molar-refractivity contribution in [3.05, 3.63) is 23.9 Å². The molecule has 2 rings (SSSR count). The largest absolute Gasteiger partial charge is 0.478 e. The fourth-order valence-corrected chi connectivity index (χ4v) is 2.81. The van der Waals surface area contributed by atoms with Gasteiger partial charge in [0.15, 0.2) is 0 Å². The second-order valence-corrected chi connectivity index (χ2v) is 4.91. The zero-order chi connectivity index (χ0) is 11.4. The Morgan fingerprint density at radius 3 is 3.19 bits per heavy atom. The van der Waals surface area contributed by atoms with Crippen LogP contribution in [0.4, 0.5) is 5.82 Å². The van der Waals surface area contributed by atoms with Crippen molar-refractivity contribution in [3.8, 4) is 0 Å². The molecule has 4 nitrogen and oxygen atoms in total. The monoisotopic (exact) mass is 238 g/mol. The Kier molecular flexibility index (Phi) is 3.66. The van der Waals surface area contributed by atoms with Gasteiger partial charge in [0.2, 0.25) is 0 Å². The van der Waals surface area contributed by atoms with Crippen LogP contribution >= 0.6 is 11.8 Å². The van der Waals surface area contributed by atoms with Crippen molar-refractivity contribution in [2.45, 2.75) is 18.9 Å². The second kappa shape index (κ2) is 5.21. The van der Waals surface area contributed by atoms with Gasteiger partial charge in [0, 0.05) is 18.0 Å². The summed E-state index contributed by atoms with van der Waals surface area (Å²) < 4.78 is 0. The molecule has 1 aromatic rings. The van der Waals surface area contributed by atoms with Gasteiger partial charge in [-0.25, -0.2) is 9.78 Å². The van der Waals surface area contributed by atoms with E-state index < -0.39 is 5.97 Å². The summed E-state index contributed by atoms with van der Waals surface area (Å²) in [5.41, 5.74) is 0.248. The maximum Gasteiger partial charge on any atom is 0.339 e. The highest BCUT2D eigenvalue weighted by molar-refractivity contribution is 7.99. The van der Waals surface area contributed by atoms with Gasteiger partial charge in [0.25, 0.3) is 0 Å². The molecule has 0 radical (unpaired) electrons. The van der Waals surface area contributed by atoms with Crippen molar-refractivity contribution >= 4 is 23.5 Å². The van der Waals surface area contributed by atoms with Crippen molar-refractivity contribution in [2.24, 2.45) is 0 Å². The van der Waals surface area contributed by atoms with Gasteiger partial charge in [0.05, 0.1) is 0 Å². The van der Waals surface area contributed by atoms with Crippen LogP contribution in [0.1, 0.15) is 23.2 Å². The molecule has 0 spiro atoms. The van der Waals surface area contributed by atoms with Crippen molar-refractivity contribution in [2.75, 3.05) is 16.8 Å². The Morgan fingerprint density at radius 1 is 1.62 bits per heavy atom. The first kappa shape index (κ1) is 11.3. The SMILES string of the molecule is O=C(O)c1cccnc1NC1CCCSC1. The molecule has 1 fully saturated rings. The quantitative estimate of drug-likeness (QED) is 0.844. The van der Waals surface area contributed by atoms with E-state index in [1.807, 2.05) is 11.8 Å². The molecule has 0 amide bonds. The van der Waals surface area contributed by atoms with E-state index in [1.165, 1.54) is 12.2 Å². The number of carbonyl (C=O) groups is 1. The number of aromatic carboxylic acids is 1. The zero-order valence-electron chi connectivity index (χ0n) is 8.85. The lowest BCUT2D eigenvalue weighted by atomic mass is 10.1. The van der Waals surface area contributed by atoms with E-state index in [-0.39, 0.29) is 5.56 Å². The molecule has 0 aliphatic carbocycles. The van der Waals surface area contributed by atoms with E-state index in [9.17, 15) is 4.79 Å². The Bertz CT molecular complexity index is 378. The van der Waals surface area contributed by atoms with Crippen LogP contribution in [-0.4, -0.2) is 33.6 Å². The third-order valence-electron chi connectivity index (χ3n) is 2.54. The average molecular weight is 238 g/mol. The van der Waals surface area contributed by atoms with E-state index in [0.717, 1.165) is 12.2 Å². The molecule has 5 heteroatoms. The second-order valence-electron chi connectivity index (χ2n) is 3.76. The number of carboxylic acid groups (broad SMARTS) is 1. The van der Waals surface area contributed by atoms with Gasteiger partial charge in [-0.3, -0.25) is 0 Å². The minimum Gasteiger partial charge on any atom is -0.478 e. The lowest BCUT2D eigenvalue weighted by molar-refractivity contribution is 0.0697.